The van der Waals surface area contributed by atoms with E-state index in [4.69, 9.17) is 5.73 Å². The Bertz CT molecular complexity index is 504. The van der Waals surface area contributed by atoms with E-state index in [1.165, 1.54) is 0 Å². The van der Waals surface area contributed by atoms with Crippen LogP contribution in [0.4, 0.5) is 0 Å². The Morgan fingerprint density at radius 2 is 1.82 bits per heavy atom. The molecule has 2 N–H and O–H groups in total. The summed E-state index contributed by atoms with van der Waals surface area (Å²) in [6.07, 6.45) is 0.461. The molecule has 3 nitrogen and oxygen atoms in total. The lowest BCUT2D eigenvalue weighted by atomic mass is 10.1. The van der Waals surface area contributed by atoms with E-state index in [1.54, 1.807) is 19.9 Å². The monoisotopic (exact) mass is 255 g/mol. The third kappa shape index (κ3) is 2.69. The fourth-order valence-corrected chi connectivity index (χ4v) is 3.59. The molecule has 0 unspecified atom stereocenters. The molecule has 0 saturated heterocycles. The molecular weight excluding hydrogens is 234 g/mol. The van der Waals surface area contributed by atoms with Crippen LogP contribution in [0.25, 0.3) is 0 Å². The molecule has 0 spiro atoms. The lowest BCUT2D eigenvalue weighted by molar-refractivity contribution is 0.529. The van der Waals surface area contributed by atoms with Gasteiger partial charge in [0.25, 0.3) is 0 Å². The lowest BCUT2D eigenvalue weighted by Gasteiger charge is -2.25. The van der Waals surface area contributed by atoms with Crippen molar-refractivity contribution in [2.45, 2.75) is 43.8 Å². The van der Waals surface area contributed by atoms with Crippen molar-refractivity contribution in [3.63, 3.8) is 0 Å². The first-order valence-electron chi connectivity index (χ1n) is 5.74. The zero-order valence-electron chi connectivity index (χ0n) is 10.9. The van der Waals surface area contributed by atoms with Gasteiger partial charge in [0.15, 0.2) is 9.84 Å². The number of rotatable bonds is 4. The third-order valence-corrected chi connectivity index (χ3v) is 5.78. The van der Waals surface area contributed by atoms with Crippen molar-refractivity contribution in [3.8, 4) is 0 Å². The van der Waals surface area contributed by atoms with Crippen LogP contribution < -0.4 is 5.73 Å². The Labute approximate surface area is 104 Å². The fourth-order valence-electron chi connectivity index (χ4n) is 1.78. The molecule has 0 bridgehead atoms. The van der Waals surface area contributed by atoms with Crippen molar-refractivity contribution in [1.29, 1.82) is 0 Å². The first-order valence-corrected chi connectivity index (χ1v) is 7.22. The standard InChI is InChI=1S/C13H21NO2S/c1-10-5-6-11(2)12(9-10)17(15,16)13(3,4)7-8-14/h5-6,9H,7-8,14H2,1-4H3. The summed E-state index contributed by atoms with van der Waals surface area (Å²) in [6.45, 7) is 7.56. The number of aryl methyl sites for hydroxylation is 2. The zero-order valence-corrected chi connectivity index (χ0v) is 11.8. The van der Waals surface area contributed by atoms with Crippen LogP contribution in [-0.4, -0.2) is 19.7 Å². The molecule has 0 atom stereocenters. The average Bonchev–Trinajstić information content (AvgIpc) is 2.21. The van der Waals surface area contributed by atoms with Crippen molar-refractivity contribution < 1.29 is 8.42 Å². The number of hydrogen-bond donors (Lipinski definition) is 1. The summed E-state index contributed by atoms with van der Waals surface area (Å²) in [5, 5.41) is 0. The summed E-state index contributed by atoms with van der Waals surface area (Å²) in [5.41, 5.74) is 7.24. The second-order valence-electron chi connectivity index (χ2n) is 5.07. The van der Waals surface area contributed by atoms with Gasteiger partial charge in [-0.1, -0.05) is 12.1 Å². The van der Waals surface area contributed by atoms with E-state index in [1.807, 2.05) is 26.0 Å². The van der Waals surface area contributed by atoms with Crippen molar-refractivity contribution >= 4 is 9.84 Å². The molecule has 1 aromatic carbocycles. The Balaban J connectivity index is 3.36. The van der Waals surface area contributed by atoms with Crippen LogP contribution in [-0.2, 0) is 9.84 Å². The van der Waals surface area contributed by atoms with Gasteiger partial charge in [-0.05, 0) is 57.9 Å². The smallest absolute Gasteiger partial charge is 0.183 e. The van der Waals surface area contributed by atoms with Crippen molar-refractivity contribution in [3.05, 3.63) is 29.3 Å². The highest BCUT2D eigenvalue weighted by atomic mass is 32.2. The lowest BCUT2D eigenvalue weighted by Crippen LogP contribution is -2.34. The minimum Gasteiger partial charge on any atom is -0.330 e. The Hall–Kier alpha value is -0.870. The first kappa shape index (κ1) is 14.2. The maximum Gasteiger partial charge on any atom is 0.183 e. The number of benzene rings is 1. The van der Waals surface area contributed by atoms with Crippen molar-refractivity contribution in [2.24, 2.45) is 5.73 Å². The molecule has 0 aliphatic heterocycles. The Morgan fingerprint density at radius 3 is 2.35 bits per heavy atom. The predicted octanol–water partition coefficient (Wildman–Crippen LogP) is 2.20. The average molecular weight is 255 g/mol. The second-order valence-corrected chi connectivity index (χ2v) is 7.62. The molecule has 0 amide bonds. The maximum absolute atomic E-state index is 12.6. The van der Waals surface area contributed by atoms with Crippen LogP contribution >= 0.6 is 0 Å². The van der Waals surface area contributed by atoms with Gasteiger partial charge in [-0.25, -0.2) is 8.42 Å². The molecule has 4 heteroatoms. The van der Waals surface area contributed by atoms with Crippen LogP contribution in [0.2, 0.25) is 0 Å². The normalized spacial score (nSPS) is 12.8. The fraction of sp³-hybridized carbons (Fsp3) is 0.538. The highest BCUT2D eigenvalue weighted by Gasteiger charge is 2.35. The molecule has 17 heavy (non-hydrogen) atoms. The highest BCUT2D eigenvalue weighted by molar-refractivity contribution is 7.92. The SMILES string of the molecule is Cc1ccc(C)c(S(=O)(=O)C(C)(C)CCN)c1. The van der Waals surface area contributed by atoms with Gasteiger partial charge in [0, 0.05) is 0 Å². The summed E-state index contributed by atoms with van der Waals surface area (Å²) in [6, 6.07) is 5.51. The quantitative estimate of drug-likeness (QED) is 0.897. The molecule has 0 fully saturated rings. The second kappa shape index (κ2) is 4.78. The first-order chi connectivity index (χ1) is 7.72. The van der Waals surface area contributed by atoms with Gasteiger partial charge >= 0.3 is 0 Å². The van der Waals surface area contributed by atoms with Gasteiger partial charge in [-0.15, -0.1) is 0 Å². The summed E-state index contributed by atoms with van der Waals surface area (Å²) in [7, 11) is -3.33. The summed E-state index contributed by atoms with van der Waals surface area (Å²) >= 11 is 0. The van der Waals surface area contributed by atoms with Crippen LogP contribution in [0.3, 0.4) is 0 Å². The molecule has 0 radical (unpaired) electrons. The van der Waals surface area contributed by atoms with E-state index in [0.29, 0.717) is 17.9 Å². The molecule has 0 aromatic heterocycles. The summed E-state index contributed by atoms with van der Waals surface area (Å²) in [4.78, 5) is 0.427. The van der Waals surface area contributed by atoms with Crippen LogP contribution in [0.5, 0.6) is 0 Å². The maximum atomic E-state index is 12.6. The van der Waals surface area contributed by atoms with Gasteiger partial charge in [0.05, 0.1) is 9.64 Å². The number of sulfone groups is 1. The van der Waals surface area contributed by atoms with E-state index in [2.05, 4.69) is 0 Å². The largest absolute Gasteiger partial charge is 0.330 e. The Morgan fingerprint density at radius 1 is 1.24 bits per heavy atom. The summed E-state index contributed by atoms with van der Waals surface area (Å²) < 4.78 is 24.3. The minimum absolute atomic E-state index is 0.372. The topological polar surface area (TPSA) is 60.2 Å². The van der Waals surface area contributed by atoms with Gasteiger partial charge in [0.2, 0.25) is 0 Å². The van der Waals surface area contributed by atoms with E-state index < -0.39 is 14.6 Å². The van der Waals surface area contributed by atoms with E-state index >= 15 is 0 Å². The van der Waals surface area contributed by atoms with E-state index in [-0.39, 0.29) is 0 Å². The molecule has 0 aliphatic rings. The van der Waals surface area contributed by atoms with E-state index in [9.17, 15) is 8.42 Å². The molecule has 1 aromatic rings. The predicted molar refractivity (Wildman–Crippen MR) is 70.9 cm³/mol. The van der Waals surface area contributed by atoms with Crippen LogP contribution in [0, 0.1) is 13.8 Å². The molecule has 96 valence electrons. The Kier molecular flexibility index (Phi) is 3.99. The molecular formula is C13H21NO2S. The number of nitrogens with two attached hydrogens (primary N) is 1. The van der Waals surface area contributed by atoms with Gasteiger partial charge in [-0.2, -0.15) is 0 Å². The minimum atomic E-state index is -3.33. The molecule has 0 heterocycles. The van der Waals surface area contributed by atoms with Crippen molar-refractivity contribution in [1.82, 2.24) is 0 Å². The molecule has 0 saturated carbocycles. The van der Waals surface area contributed by atoms with Crippen LogP contribution in [0.15, 0.2) is 23.1 Å². The van der Waals surface area contributed by atoms with Gasteiger partial charge in [0.1, 0.15) is 0 Å². The van der Waals surface area contributed by atoms with Crippen LogP contribution in [0.1, 0.15) is 31.4 Å². The zero-order chi connectivity index (χ0) is 13.3. The molecule has 0 aliphatic carbocycles. The summed E-state index contributed by atoms with van der Waals surface area (Å²) in [5.74, 6) is 0. The van der Waals surface area contributed by atoms with Crippen molar-refractivity contribution in [2.75, 3.05) is 6.54 Å². The van der Waals surface area contributed by atoms with E-state index in [0.717, 1.165) is 11.1 Å². The highest BCUT2D eigenvalue weighted by Crippen LogP contribution is 2.30. The molecule has 1 rings (SSSR count). The van der Waals surface area contributed by atoms with Gasteiger partial charge in [-0.3, -0.25) is 0 Å². The van der Waals surface area contributed by atoms with Gasteiger partial charge < -0.3 is 5.73 Å². The third-order valence-electron chi connectivity index (χ3n) is 3.11. The number of hydrogen-bond acceptors (Lipinski definition) is 3.